The van der Waals surface area contributed by atoms with Crippen LogP contribution in [-0.2, 0) is 9.53 Å². The first-order chi connectivity index (χ1) is 8.11. The number of rotatable bonds is 1. The molecule has 2 amide bonds. The Bertz CT molecular complexity index is 332. The van der Waals surface area contributed by atoms with Gasteiger partial charge in [-0.25, -0.2) is 9.69 Å². The molecule has 2 atom stereocenters. The van der Waals surface area contributed by atoms with Gasteiger partial charge in [-0.05, 0) is 33.1 Å². The lowest BCUT2D eigenvalue weighted by Gasteiger charge is -2.38. The van der Waals surface area contributed by atoms with E-state index in [2.05, 4.69) is 0 Å². The van der Waals surface area contributed by atoms with E-state index in [0.717, 1.165) is 0 Å². The standard InChI is InChI=1S/C13H23NO4/c1-8(2)10-6-9(15)7-11(16)14(10)12(17)18-13(3,4)5/h8-10,15H,6-7H2,1-5H3/t9-,10+/m0/s1. The molecule has 0 spiro atoms. The van der Waals surface area contributed by atoms with Crippen LogP contribution in [0.15, 0.2) is 0 Å². The van der Waals surface area contributed by atoms with Crippen molar-refractivity contribution in [3.05, 3.63) is 0 Å². The first-order valence-electron chi connectivity index (χ1n) is 6.35. The van der Waals surface area contributed by atoms with Crippen molar-refractivity contribution in [2.45, 2.75) is 65.2 Å². The van der Waals surface area contributed by atoms with E-state index < -0.39 is 17.8 Å². The van der Waals surface area contributed by atoms with E-state index in [1.807, 2.05) is 13.8 Å². The molecular formula is C13H23NO4. The highest BCUT2D eigenvalue weighted by molar-refractivity contribution is 5.93. The van der Waals surface area contributed by atoms with E-state index in [0.29, 0.717) is 6.42 Å². The summed E-state index contributed by atoms with van der Waals surface area (Å²) in [6, 6.07) is -0.295. The topological polar surface area (TPSA) is 66.8 Å². The second kappa shape index (κ2) is 5.26. The Morgan fingerprint density at radius 3 is 2.44 bits per heavy atom. The molecule has 1 aliphatic heterocycles. The molecule has 0 aromatic heterocycles. The Morgan fingerprint density at radius 2 is 2.00 bits per heavy atom. The van der Waals surface area contributed by atoms with Crippen molar-refractivity contribution in [2.75, 3.05) is 0 Å². The number of hydrogen-bond acceptors (Lipinski definition) is 4. The van der Waals surface area contributed by atoms with Gasteiger partial charge in [-0.2, -0.15) is 0 Å². The quantitative estimate of drug-likeness (QED) is 0.779. The SMILES string of the molecule is CC(C)[C@H]1C[C@H](O)CC(=O)N1C(=O)OC(C)(C)C. The van der Waals surface area contributed by atoms with Crippen LogP contribution < -0.4 is 0 Å². The summed E-state index contributed by atoms with van der Waals surface area (Å²) in [6.07, 6.45) is -0.868. The predicted molar refractivity (Wildman–Crippen MR) is 66.9 cm³/mol. The largest absolute Gasteiger partial charge is 0.443 e. The van der Waals surface area contributed by atoms with Crippen LogP contribution >= 0.6 is 0 Å². The molecule has 1 heterocycles. The number of amides is 2. The van der Waals surface area contributed by atoms with Gasteiger partial charge in [-0.3, -0.25) is 4.79 Å². The number of aliphatic hydroxyl groups is 1. The molecule has 0 aromatic carbocycles. The van der Waals surface area contributed by atoms with Gasteiger partial charge in [0.15, 0.2) is 0 Å². The van der Waals surface area contributed by atoms with Gasteiger partial charge in [-0.15, -0.1) is 0 Å². The monoisotopic (exact) mass is 257 g/mol. The number of nitrogens with zero attached hydrogens (tertiary/aromatic N) is 1. The van der Waals surface area contributed by atoms with Crippen LogP contribution in [0, 0.1) is 5.92 Å². The highest BCUT2D eigenvalue weighted by Gasteiger charge is 2.40. The van der Waals surface area contributed by atoms with Crippen LogP contribution in [0.4, 0.5) is 4.79 Å². The molecule has 0 saturated carbocycles. The van der Waals surface area contributed by atoms with E-state index in [4.69, 9.17) is 4.74 Å². The molecule has 0 aromatic rings. The summed E-state index contributed by atoms with van der Waals surface area (Å²) < 4.78 is 5.25. The van der Waals surface area contributed by atoms with Crippen molar-refractivity contribution in [2.24, 2.45) is 5.92 Å². The van der Waals surface area contributed by atoms with Gasteiger partial charge in [0.1, 0.15) is 5.60 Å². The summed E-state index contributed by atoms with van der Waals surface area (Å²) in [4.78, 5) is 25.1. The number of carbonyl (C=O) groups is 2. The van der Waals surface area contributed by atoms with E-state index in [1.54, 1.807) is 20.8 Å². The van der Waals surface area contributed by atoms with E-state index >= 15 is 0 Å². The third kappa shape index (κ3) is 3.70. The molecule has 104 valence electrons. The molecule has 18 heavy (non-hydrogen) atoms. The number of ether oxygens (including phenoxy) is 1. The van der Waals surface area contributed by atoms with Crippen molar-refractivity contribution in [3.8, 4) is 0 Å². The fraction of sp³-hybridized carbons (Fsp3) is 0.846. The van der Waals surface area contributed by atoms with Crippen LogP contribution in [0.3, 0.4) is 0 Å². The lowest BCUT2D eigenvalue weighted by molar-refractivity contribution is -0.140. The lowest BCUT2D eigenvalue weighted by Crippen LogP contribution is -2.54. The first-order valence-corrected chi connectivity index (χ1v) is 6.35. The second-order valence-corrected chi connectivity index (χ2v) is 6.15. The molecule has 1 rings (SSSR count). The van der Waals surface area contributed by atoms with Crippen molar-refractivity contribution in [3.63, 3.8) is 0 Å². The Balaban J connectivity index is 2.88. The molecule has 0 unspecified atom stereocenters. The average Bonchev–Trinajstić information content (AvgIpc) is 2.12. The predicted octanol–water partition coefficient (Wildman–Crippen LogP) is 1.93. The molecule has 5 heteroatoms. The fourth-order valence-electron chi connectivity index (χ4n) is 2.07. The van der Waals surface area contributed by atoms with E-state index in [1.165, 1.54) is 4.90 Å². The summed E-state index contributed by atoms with van der Waals surface area (Å²) in [7, 11) is 0. The minimum atomic E-state index is -0.663. The second-order valence-electron chi connectivity index (χ2n) is 6.15. The lowest BCUT2D eigenvalue weighted by atomic mass is 9.91. The third-order valence-corrected chi connectivity index (χ3v) is 2.88. The Morgan fingerprint density at radius 1 is 1.44 bits per heavy atom. The van der Waals surface area contributed by atoms with Crippen LogP contribution in [-0.4, -0.2) is 39.8 Å². The maximum absolute atomic E-state index is 12.0. The van der Waals surface area contributed by atoms with Gasteiger partial charge < -0.3 is 9.84 Å². The maximum atomic E-state index is 12.0. The van der Waals surface area contributed by atoms with Crippen molar-refractivity contribution in [1.82, 2.24) is 4.90 Å². The normalized spacial score (nSPS) is 25.5. The van der Waals surface area contributed by atoms with Gasteiger partial charge in [-0.1, -0.05) is 13.8 Å². The number of imide groups is 1. The summed E-state index contributed by atoms with van der Waals surface area (Å²) >= 11 is 0. The number of piperidine rings is 1. The zero-order valence-corrected chi connectivity index (χ0v) is 11.8. The molecule has 1 saturated heterocycles. The minimum Gasteiger partial charge on any atom is -0.443 e. The highest BCUT2D eigenvalue weighted by Crippen LogP contribution is 2.26. The Hall–Kier alpha value is -1.10. The fourth-order valence-corrected chi connectivity index (χ4v) is 2.07. The van der Waals surface area contributed by atoms with Gasteiger partial charge in [0.25, 0.3) is 0 Å². The van der Waals surface area contributed by atoms with Crippen molar-refractivity contribution in [1.29, 1.82) is 0 Å². The molecule has 1 aliphatic rings. The smallest absolute Gasteiger partial charge is 0.417 e. The number of hydrogen-bond donors (Lipinski definition) is 1. The minimum absolute atomic E-state index is 0.0114. The highest BCUT2D eigenvalue weighted by atomic mass is 16.6. The summed E-state index contributed by atoms with van der Waals surface area (Å²) in [6.45, 7) is 9.14. The molecule has 1 fully saturated rings. The number of carbonyl (C=O) groups excluding carboxylic acids is 2. The molecule has 0 aliphatic carbocycles. The molecule has 5 nitrogen and oxygen atoms in total. The van der Waals surface area contributed by atoms with Crippen LogP contribution in [0.2, 0.25) is 0 Å². The van der Waals surface area contributed by atoms with Crippen molar-refractivity contribution < 1.29 is 19.4 Å². The Kier molecular flexibility index (Phi) is 4.37. The zero-order chi connectivity index (χ0) is 14.1. The van der Waals surface area contributed by atoms with Gasteiger partial charge in [0.05, 0.1) is 12.5 Å². The average molecular weight is 257 g/mol. The van der Waals surface area contributed by atoms with E-state index in [-0.39, 0.29) is 24.3 Å². The summed E-state index contributed by atoms with van der Waals surface area (Å²) in [5.74, 6) is -0.266. The first kappa shape index (κ1) is 15.0. The van der Waals surface area contributed by atoms with Crippen molar-refractivity contribution >= 4 is 12.0 Å². The Labute approximate surface area is 108 Å². The van der Waals surface area contributed by atoms with Gasteiger partial charge in [0, 0.05) is 6.04 Å². The van der Waals surface area contributed by atoms with Gasteiger partial charge in [0.2, 0.25) is 5.91 Å². The maximum Gasteiger partial charge on any atom is 0.417 e. The van der Waals surface area contributed by atoms with Crippen LogP contribution in [0.1, 0.15) is 47.5 Å². The van der Waals surface area contributed by atoms with Crippen LogP contribution in [0.5, 0.6) is 0 Å². The molecular weight excluding hydrogens is 234 g/mol. The van der Waals surface area contributed by atoms with E-state index in [9.17, 15) is 14.7 Å². The molecule has 0 bridgehead atoms. The molecule has 1 N–H and O–H groups in total. The van der Waals surface area contributed by atoms with Gasteiger partial charge >= 0.3 is 6.09 Å². The van der Waals surface area contributed by atoms with Crippen LogP contribution in [0.25, 0.3) is 0 Å². The zero-order valence-electron chi connectivity index (χ0n) is 11.8. The number of aliphatic hydroxyl groups excluding tert-OH is 1. The third-order valence-electron chi connectivity index (χ3n) is 2.88. The summed E-state index contributed by atoms with van der Waals surface area (Å²) in [5.41, 5.74) is -0.630. The summed E-state index contributed by atoms with van der Waals surface area (Å²) in [5, 5.41) is 9.63. The number of likely N-dealkylation sites (tertiary alicyclic amines) is 1. The molecule has 0 radical (unpaired) electrons.